The van der Waals surface area contributed by atoms with Gasteiger partial charge in [0.15, 0.2) is 0 Å². The number of hydrogen-bond donors (Lipinski definition) is 3. The van der Waals surface area contributed by atoms with Crippen LogP contribution < -0.4 is 16.6 Å². The Hall–Kier alpha value is -1.34. The van der Waals surface area contributed by atoms with Crippen LogP contribution in [0.5, 0.6) is 0 Å². The topological polar surface area (TPSA) is 92.0 Å². The molecule has 0 saturated carbocycles. The van der Waals surface area contributed by atoms with Crippen LogP contribution in [0.1, 0.15) is 20.3 Å². The van der Waals surface area contributed by atoms with Crippen molar-refractivity contribution in [3.63, 3.8) is 0 Å². The first-order valence-electron chi connectivity index (χ1n) is 6.21. The molecular formula is C11H25N5O2. The van der Waals surface area contributed by atoms with Gasteiger partial charge in [-0.1, -0.05) is 0 Å². The summed E-state index contributed by atoms with van der Waals surface area (Å²) in [6.45, 7) is 6.96. The minimum absolute atomic E-state index is 0.126. The molecule has 0 unspecified atom stereocenters. The molecule has 0 aromatic heterocycles. The zero-order valence-electron chi connectivity index (χ0n) is 11.5. The van der Waals surface area contributed by atoms with Gasteiger partial charge >= 0.3 is 0 Å². The fourth-order valence-corrected chi connectivity index (χ4v) is 1.42. The number of carbonyl (C=O) groups excluding carboxylic acids is 1. The standard InChI is InChI=1S/C11H25N5O2/c1-4-16(5-2)10(17)6-7-13-11(15-12)14-8-9-18-3/h4-9,12H2,1-3H3,(H2,13,14,15). The maximum Gasteiger partial charge on any atom is 0.224 e. The van der Waals surface area contributed by atoms with Gasteiger partial charge in [-0.2, -0.15) is 0 Å². The number of amides is 1. The second-order valence-electron chi connectivity index (χ2n) is 3.61. The third-order valence-electron chi connectivity index (χ3n) is 2.45. The van der Waals surface area contributed by atoms with Crippen LogP contribution in [0.2, 0.25) is 0 Å². The molecule has 0 aromatic rings. The molecule has 0 fully saturated rings. The van der Waals surface area contributed by atoms with Crippen molar-refractivity contribution in [3.05, 3.63) is 0 Å². The van der Waals surface area contributed by atoms with Crippen molar-refractivity contribution in [1.82, 2.24) is 15.6 Å². The average Bonchev–Trinajstić information content (AvgIpc) is 2.38. The zero-order chi connectivity index (χ0) is 13.8. The Balaban J connectivity index is 3.92. The van der Waals surface area contributed by atoms with E-state index in [0.717, 1.165) is 13.1 Å². The van der Waals surface area contributed by atoms with E-state index >= 15 is 0 Å². The largest absolute Gasteiger partial charge is 0.383 e. The van der Waals surface area contributed by atoms with Crippen LogP contribution in [-0.4, -0.2) is 56.7 Å². The lowest BCUT2D eigenvalue weighted by Gasteiger charge is -2.18. The summed E-state index contributed by atoms with van der Waals surface area (Å²) in [4.78, 5) is 17.6. The molecule has 0 radical (unpaired) electrons. The second-order valence-corrected chi connectivity index (χ2v) is 3.61. The normalized spacial score (nSPS) is 11.2. The van der Waals surface area contributed by atoms with E-state index in [0.29, 0.717) is 32.1 Å². The number of carbonyl (C=O) groups is 1. The van der Waals surface area contributed by atoms with Crippen LogP contribution in [-0.2, 0) is 9.53 Å². The van der Waals surface area contributed by atoms with Crippen LogP contribution in [0, 0.1) is 0 Å². The van der Waals surface area contributed by atoms with Crippen LogP contribution in [0.15, 0.2) is 4.99 Å². The Labute approximate surface area is 109 Å². The van der Waals surface area contributed by atoms with Gasteiger partial charge in [-0.3, -0.25) is 10.2 Å². The number of nitrogens with zero attached hydrogens (tertiary/aromatic N) is 2. The highest BCUT2D eigenvalue weighted by Crippen LogP contribution is 1.92. The average molecular weight is 259 g/mol. The molecule has 7 heteroatoms. The first kappa shape index (κ1) is 16.7. The minimum Gasteiger partial charge on any atom is -0.383 e. The molecule has 1 amide bonds. The van der Waals surface area contributed by atoms with Crippen molar-refractivity contribution in [2.24, 2.45) is 10.8 Å². The van der Waals surface area contributed by atoms with Crippen molar-refractivity contribution in [2.75, 3.05) is 39.9 Å². The summed E-state index contributed by atoms with van der Waals surface area (Å²) in [6.07, 6.45) is 0.423. The molecule has 0 spiro atoms. The number of nitrogens with two attached hydrogens (primary N) is 1. The Morgan fingerprint density at radius 3 is 2.56 bits per heavy atom. The van der Waals surface area contributed by atoms with Crippen LogP contribution in [0.25, 0.3) is 0 Å². The number of nitrogens with one attached hydrogen (secondary N) is 2. The second kappa shape index (κ2) is 10.8. The number of ether oxygens (including phenoxy) is 1. The van der Waals surface area contributed by atoms with E-state index in [-0.39, 0.29) is 5.91 Å². The SMILES string of the molecule is CCN(CC)C(=O)CCNC(=NCCOC)NN. The van der Waals surface area contributed by atoms with E-state index in [9.17, 15) is 4.79 Å². The fraction of sp³-hybridized carbons (Fsp3) is 0.818. The van der Waals surface area contributed by atoms with Crippen molar-refractivity contribution >= 4 is 11.9 Å². The maximum atomic E-state index is 11.7. The summed E-state index contributed by atoms with van der Waals surface area (Å²) >= 11 is 0. The summed E-state index contributed by atoms with van der Waals surface area (Å²) in [7, 11) is 1.61. The monoisotopic (exact) mass is 259 g/mol. The van der Waals surface area contributed by atoms with E-state index in [1.54, 1.807) is 12.0 Å². The smallest absolute Gasteiger partial charge is 0.224 e. The van der Waals surface area contributed by atoms with Gasteiger partial charge in [-0.25, -0.2) is 10.8 Å². The molecule has 4 N–H and O–H groups in total. The van der Waals surface area contributed by atoms with E-state index in [1.165, 1.54) is 0 Å². The molecule has 0 heterocycles. The molecule has 106 valence electrons. The van der Waals surface area contributed by atoms with Crippen molar-refractivity contribution < 1.29 is 9.53 Å². The van der Waals surface area contributed by atoms with Gasteiger partial charge < -0.3 is 15.0 Å². The van der Waals surface area contributed by atoms with Gasteiger partial charge in [0.25, 0.3) is 0 Å². The summed E-state index contributed by atoms with van der Waals surface area (Å²) in [5.41, 5.74) is 2.45. The lowest BCUT2D eigenvalue weighted by molar-refractivity contribution is -0.130. The molecule has 0 aliphatic rings. The third kappa shape index (κ3) is 7.08. The Morgan fingerprint density at radius 2 is 2.06 bits per heavy atom. The lowest BCUT2D eigenvalue weighted by atomic mass is 10.3. The molecule has 18 heavy (non-hydrogen) atoms. The molecule has 0 rings (SSSR count). The van der Waals surface area contributed by atoms with Crippen LogP contribution in [0.4, 0.5) is 0 Å². The number of guanidine groups is 1. The summed E-state index contributed by atoms with van der Waals surface area (Å²) < 4.78 is 4.88. The first-order chi connectivity index (χ1) is 8.69. The molecule has 0 bridgehead atoms. The minimum atomic E-state index is 0.126. The quantitative estimate of drug-likeness (QED) is 0.176. The molecule has 0 atom stereocenters. The van der Waals surface area contributed by atoms with Gasteiger partial charge in [-0.05, 0) is 13.8 Å². The summed E-state index contributed by atoms with van der Waals surface area (Å²) in [5, 5.41) is 2.97. The lowest BCUT2D eigenvalue weighted by Crippen LogP contribution is -2.43. The number of methoxy groups -OCH3 is 1. The number of aliphatic imine (C=N–C) groups is 1. The Morgan fingerprint density at radius 1 is 1.39 bits per heavy atom. The van der Waals surface area contributed by atoms with Crippen molar-refractivity contribution in [1.29, 1.82) is 0 Å². The number of rotatable bonds is 8. The highest BCUT2D eigenvalue weighted by atomic mass is 16.5. The van der Waals surface area contributed by atoms with Gasteiger partial charge in [0.1, 0.15) is 0 Å². The number of hydrazine groups is 1. The predicted molar refractivity (Wildman–Crippen MR) is 72.0 cm³/mol. The molecule has 0 aliphatic carbocycles. The van der Waals surface area contributed by atoms with E-state index in [2.05, 4.69) is 15.7 Å². The van der Waals surface area contributed by atoms with Gasteiger partial charge in [0.2, 0.25) is 11.9 Å². The summed E-state index contributed by atoms with van der Waals surface area (Å²) in [6, 6.07) is 0. The van der Waals surface area contributed by atoms with E-state index in [4.69, 9.17) is 10.6 Å². The zero-order valence-corrected chi connectivity index (χ0v) is 11.5. The molecule has 0 aromatic carbocycles. The molecule has 7 nitrogen and oxygen atoms in total. The molecular weight excluding hydrogens is 234 g/mol. The van der Waals surface area contributed by atoms with Crippen molar-refractivity contribution in [2.45, 2.75) is 20.3 Å². The number of hydrogen-bond acceptors (Lipinski definition) is 4. The van der Waals surface area contributed by atoms with Gasteiger partial charge in [-0.15, -0.1) is 0 Å². The van der Waals surface area contributed by atoms with E-state index < -0.39 is 0 Å². The third-order valence-corrected chi connectivity index (χ3v) is 2.45. The Kier molecular flexibility index (Phi) is 9.99. The fourth-order valence-electron chi connectivity index (χ4n) is 1.42. The van der Waals surface area contributed by atoms with Crippen LogP contribution in [0.3, 0.4) is 0 Å². The molecule has 0 saturated heterocycles. The predicted octanol–water partition coefficient (Wildman–Crippen LogP) is -0.700. The molecule has 0 aliphatic heterocycles. The van der Waals surface area contributed by atoms with Crippen molar-refractivity contribution in [3.8, 4) is 0 Å². The van der Waals surface area contributed by atoms with E-state index in [1.807, 2.05) is 13.8 Å². The van der Waals surface area contributed by atoms with Gasteiger partial charge in [0.05, 0.1) is 13.2 Å². The highest BCUT2D eigenvalue weighted by Gasteiger charge is 2.08. The van der Waals surface area contributed by atoms with Gasteiger partial charge in [0, 0.05) is 33.2 Å². The maximum absolute atomic E-state index is 11.7. The highest BCUT2D eigenvalue weighted by molar-refractivity contribution is 5.80. The van der Waals surface area contributed by atoms with Crippen LogP contribution >= 0.6 is 0 Å². The Bertz CT molecular complexity index is 254. The summed E-state index contributed by atoms with van der Waals surface area (Å²) in [5.74, 6) is 5.90. The first-order valence-corrected chi connectivity index (χ1v) is 6.21.